The molecule has 2 aliphatic rings. The monoisotopic (exact) mass is 423 g/mol. The summed E-state index contributed by atoms with van der Waals surface area (Å²) in [5.74, 6) is 1.47. The van der Waals surface area contributed by atoms with Gasteiger partial charge in [0.05, 0.1) is 7.11 Å². The average Bonchev–Trinajstić information content (AvgIpc) is 3.21. The Balaban J connectivity index is 1.56. The number of nitrogens with zero attached hydrogens (tertiary/aromatic N) is 2. The molecule has 154 valence electrons. The Kier molecular flexibility index (Phi) is 4.97. The van der Waals surface area contributed by atoms with Crippen molar-refractivity contribution < 1.29 is 14.3 Å². The van der Waals surface area contributed by atoms with Crippen LogP contribution in [0.5, 0.6) is 11.5 Å². The quantitative estimate of drug-likeness (QED) is 0.700. The number of para-hydroxylation sites is 1. The number of carbonyl (C=O) groups excluding carboxylic acids is 1. The normalized spacial score (nSPS) is 18.2. The van der Waals surface area contributed by atoms with Gasteiger partial charge in [-0.05, 0) is 29.8 Å². The number of benzene rings is 2. The number of aromatic nitrogens is 1. The second kappa shape index (κ2) is 7.78. The molecule has 1 fully saturated rings. The van der Waals surface area contributed by atoms with Crippen LogP contribution in [-0.4, -0.2) is 55.2 Å². The van der Waals surface area contributed by atoms with Crippen LogP contribution in [0.2, 0.25) is 5.02 Å². The molecule has 3 aromatic rings. The number of pyridine rings is 1. The van der Waals surface area contributed by atoms with Gasteiger partial charge in [-0.15, -0.1) is 0 Å². The minimum Gasteiger partial charge on any atom is -0.494 e. The Labute approximate surface area is 179 Å². The molecule has 1 unspecified atom stereocenters. The first-order valence-electron chi connectivity index (χ1n) is 10.1. The largest absolute Gasteiger partial charge is 0.494 e. The summed E-state index contributed by atoms with van der Waals surface area (Å²) in [4.78, 5) is 19.4. The van der Waals surface area contributed by atoms with E-state index in [1.807, 2.05) is 41.3 Å². The predicted molar refractivity (Wildman–Crippen MR) is 116 cm³/mol. The van der Waals surface area contributed by atoms with E-state index in [-0.39, 0.29) is 5.91 Å². The number of amides is 1. The summed E-state index contributed by atoms with van der Waals surface area (Å²) >= 11 is 6.46. The van der Waals surface area contributed by atoms with Gasteiger partial charge in [-0.2, -0.15) is 0 Å². The second-order valence-corrected chi connectivity index (χ2v) is 7.98. The summed E-state index contributed by atoms with van der Waals surface area (Å²) in [5, 5.41) is 4.84. The van der Waals surface area contributed by atoms with Crippen molar-refractivity contribution in [3.05, 3.63) is 53.2 Å². The van der Waals surface area contributed by atoms with Crippen LogP contribution in [-0.2, 0) is 11.2 Å². The third-order valence-electron chi connectivity index (χ3n) is 5.74. The predicted octanol–water partition coefficient (Wildman–Crippen LogP) is 3.30. The number of fused-ring (bicyclic) bond motifs is 2. The molecule has 1 amide bonds. The first-order valence-corrected chi connectivity index (χ1v) is 10.4. The van der Waals surface area contributed by atoms with Crippen LogP contribution in [0.3, 0.4) is 0 Å². The first kappa shape index (κ1) is 19.2. The minimum absolute atomic E-state index is 0.0380. The fraction of sp³-hybridized carbons (Fsp3) is 0.304. The highest BCUT2D eigenvalue weighted by molar-refractivity contribution is 6.31. The highest BCUT2D eigenvalue weighted by atomic mass is 35.5. The van der Waals surface area contributed by atoms with Crippen LogP contribution in [0.15, 0.2) is 42.6 Å². The molecule has 0 spiro atoms. The van der Waals surface area contributed by atoms with Gasteiger partial charge >= 0.3 is 0 Å². The molecule has 3 heterocycles. The van der Waals surface area contributed by atoms with Crippen LogP contribution in [0.25, 0.3) is 22.0 Å². The lowest BCUT2D eigenvalue weighted by atomic mass is 9.97. The number of carbonyl (C=O) groups is 1. The van der Waals surface area contributed by atoms with Crippen LogP contribution < -0.4 is 14.8 Å². The number of hydrogen-bond donors (Lipinski definition) is 1. The summed E-state index contributed by atoms with van der Waals surface area (Å²) in [7, 11) is 1.63. The Bertz CT molecular complexity index is 1130. The lowest BCUT2D eigenvalue weighted by Crippen LogP contribution is -2.50. The maximum atomic E-state index is 13.0. The smallest absolute Gasteiger partial charge is 0.264 e. The fourth-order valence-corrected chi connectivity index (χ4v) is 4.54. The Morgan fingerprint density at radius 1 is 1.23 bits per heavy atom. The van der Waals surface area contributed by atoms with E-state index in [1.54, 1.807) is 13.3 Å². The number of rotatable bonds is 3. The molecular weight excluding hydrogens is 402 g/mol. The molecule has 7 heteroatoms. The van der Waals surface area contributed by atoms with E-state index in [9.17, 15) is 4.79 Å². The van der Waals surface area contributed by atoms with Gasteiger partial charge in [0.1, 0.15) is 17.0 Å². The van der Waals surface area contributed by atoms with Gasteiger partial charge in [0.25, 0.3) is 5.91 Å². The van der Waals surface area contributed by atoms with Gasteiger partial charge in [0.15, 0.2) is 6.10 Å². The molecule has 6 nitrogen and oxygen atoms in total. The highest BCUT2D eigenvalue weighted by Gasteiger charge is 2.35. The van der Waals surface area contributed by atoms with Gasteiger partial charge in [-0.3, -0.25) is 9.78 Å². The van der Waals surface area contributed by atoms with Crippen molar-refractivity contribution in [3.8, 4) is 22.6 Å². The van der Waals surface area contributed by atoms with Crippen molar-refractivity contribution in [2.24, 2.45) is 0 Å². The van der Waals surface area contributed by atoms with Gasteiger partial charge in [0.2, 0.25) is 0 Å². The summed E-state index contributed by atoms with van der Waals surface area (Å²) in [6, 6.07) is 11.6. The summed E-state index contributed by atoms with van der Waals surface area (Å²) < 4.78 is 11.7. The van der Waals surface area contributed by atoms with Crippen molar-refractivity contribution >= 4 is 28.4 Å². The van der Waals surface area contributed by atoms with Crippen molar-refractivity contribution in [3.63, 3.8) is 0 Å². The molecule has 1 N–H and O–H groups in total. The molecule has 5 rings (SSSR count). The van der Waals surface area contributed by atoms with Crippen LogP contribution in [0.4, 0.5) is 0 Å². The number of nitrogens with one attached hydrogen (secondary N) is 1. The molecule has 0 radical (unpaired) electrons. The fourth-order valence-electron chi connectivity index (χ4n) is 4.30. The number of piperazine rings is 1. The molecule has 1 aromatic heterocycles. The molecular formula is C23H22ClN3O3. The zero-order valence-corrected chi connectivity index (χ0v) is 17.4. The zero-order valence-electron chi connectivity index (χ0n) is 16.7. The molecule has 0 saturated carbocycles. The van der Waals surface area contributed by atoms with E-state index < -0.39 is 6.10 Å². The van der Waals surface area contributed by atoms with E-state index in [4.69, 9.17) is 21.1 Å². The van der Waals surface area contributed by atoms with Crippen molar-refractivity contribution in [1.29, 1.82) is 0 Å². The number of methoxy groups -OCH3 is 1. The Morgan fingerprint density at radius 2 is 2.07 bits per heavy atom. The van der Waals surface area contributed by atoms with E-state index in [0.717, 1.165) is 46.4 Å². The SMILES string of the molecule is COc1cccc2c(-c3cc(Cl)cc4c3OC(C(=O)N3CCNCC3)C4)ccnc12. The molecule has 0 aliphatic carbocycles. The van der Waals surface area contributed by atoms with Crippen molar-refractivity contribution in [2.75, 3.05) is 33.3 Å². The van der Waals surface area contributed by atoms with E-state index in [1.165, 1.54) is 0 Å². The second-order valence-electron chi connectivity index (χ2n) is 7.54. The molecule has 1 atom stereocenters. The minimum atomic E-state index is -0.516. The first-order chi connectivity index (χ1) is 14.7. The number of ether oxygens (including phenoxy) is 2. The summed E-state index contributed by atoms with van der Waals surface area (Å²) in [5.41, 5.74) is 3.55. The third-order valence-corrected chi connectivity index (χ3v) is 5.96. The lowest BCUT2D eigenvalue weighted by molar-refractivity contribution is -0.138. The molecule has 1 saturated heterocycles. The summed E-state index contributed by atoms with van der Waals surface area (Å²) in [6.07, 6.45) is 1.77. The maximum absolute atomic E-state index is 13.0. The van der Waals surface area contributed by atoms with Gasteiger partial charge < -0.3 is 19.7 Å². The Morgan fingerprint density at radius 3 is 2.87 bits per heavy atom. The van der Waals surface area contributed by atoms with E-state index in [0.29, 0.717) is 30.3 Å². The maximum Gasteiger partial charge on any atom is 0.264 e. The van der Waals surface area contributed by atoms with E-state index >= 15 is 0 Å². The van der Waals surface area contributed by atoms with Crippen molar-refractivity contribution in [2.45, 2.75) is 12.5 Å². The number of halogens is 1. The Hall–Kier alpha value is -2.83. The van der Waals surface area contributed by atoms with Gasteiger partial charge in [-0.1, -0.05) is 23.7 Å². The highest BCUT2D eigenvalue weighted by Crippen LogP contribution is 2.44. The number of hydrogen-bond acceptors (Lipinski definition) is 5. The third kappa shape index (κ3) is 3.26. The van der Waals surface area contributed by atoms with Gasteiger partial charge in [0, 0.05) is 60.3 Å². The van der Waals surface area contributed by atoms with Crippen LogP contribution >= 0.6 is 11.6 Å². The zero-order chi connectivity index (χ0) is 20.7. The standard InChI is InChI=1S/C23H22ClN3O3/c1-29-19-4-2-3-17-16(5-6-26-21(17)19)18-13-15(24)11-14-12-20(30-22(14)18)23(28)27-9-7-25-8-10-27/h2-6,11,13,20,25H,7-10,12H2,1H3. The molecule has 30 heavy (non-hydrogen) atoms. The molecule has 2 aliphatic heterocycles. The topological polar surface area (TPSA) is 63.7 Å². The lowest BCUT2D eigenvalue weighted by Gasteiger charge is -2.29. The van der Waals surface area contributed by atoms with Crippen LogP contribution in [0.1, 0.15) is 5.56 Å². The van der Waals surface area contributed by atoms with Crippen molar-refractivity contribution in [1.82, 2.24) is 15.2 Å². The molecule has 0 bridgehead atoms. The van der Waals surface area contributed by atoms with E-state index in [2.05, 4.69) is 10.3 Å². The molecule has 2 aromatic carbocycles. The van der Waals surface area contributed by atoms with Gasteiger partial charge in [-0.25, -0.2) is 0 Å². The summed E-state index contributed by atoms with van der Waals surface area (Å²) in [6.45, 7) is 3.04. The van der Waals surface area contributed by atoms with Crippen LogP contribution in [0, 0.1) is 0 Å². The average molecular weight is 424 g/mol.